The summed E-state index contributed by atoms with van der Waals surface area (Å²) < 4.78 is 1.71. The molecule has 2 aromatic rings. The number of nitrogens with zero attached hydrogens (tertiary/aromatic N) is 5. The Morgan fingerprint density at radius 3 is 3.00 bits per heavy atom. The summed E-state index contributed by atoms with van der Waals surface area (Å²) in [6, 6.07) is 4.14. The van der Waals surface area contributed by atoms with Crippen LogP contribution >= 0.6 is 0 Å². The molecule has 1 fully saturated rings. The van der Waals surface area contributed by atoms with Gasteiger partial charge >= 0.3 is 0 Å². The van der Waals surface area contributed by atoms with E-state index in [0.29, 0.717) is 5.92 Å². The number of amides is 1. The molecule has 3 rings (SSSR count). The molecule has 1 amide bonds. The van der Waals surface area contributed by atoms with Crippen molar-refractivity contribution in [3.8, 4) is 0 Å². The molecule has 1 saturated heterocycles. The number of carbonyl (C=O) groups is 1. The zero-order chi connectivity index (χ0) is 16.4. The van der Waals surface area contributed by atoms with E-state index in [9.17, 15) is 4.79 Å². The van der Waals surface area contributed by atoms with Crippen molar-refractivity contribution in [1.29, 1.82) is 0 Å². The Labute approximate surface area is 137 Å². The summed E-state index contributed by atoms with van der Waals surface area (Å²) in [5, 5.41) is 5.30. The minimum Gasteiger partial charge on any atom is -0.336 e. The Hall–Kier alpha value is -1.95. The first-order chi connectivity index (χ1) is 11.0. The molecule has 124 valence electrons. The van der Waals surface area contributed by atoms with E-state index in [1.807, 2.05) is 17.0 Å². The lowest BCUT2D eigenvalue weighted by Gasteiger charge is -2.41. The maximum Gasteiger partial charge on any atom is 0.244 e. The van der Waals surface area contributed by atoms with E-state index in [1.165, 1.54) is 0 Å². The molecule has 1 atom stereocenters. The molecule has 1 aliphatic rings. The van der Waals surface area contributed by atoms with Crippen molar-refractivity contribution in [3.63, 3.8) is 0 Å². The molecule has 0 N–H and O–H groups in total. The van der Waals surface area contributed by atoms with Crippen molar-refractivity contribution < 1.29 is 4.79 Å². The highest BCUT2D eigenvalue weighted by Crippen LogP contribution is 2.18. The van der Waals surface area contributed by atoms with Gasteiger partial charge in [-0.25, -0.2) is 9.67 Å². The fraction of sp³-hybridized carbons (Fsp3) is 0.588. The summed E-state index contributed by atoms with van der Waals surface area (Å²) in [4.78, 5) is 21.5. The van der Waals surface area contributed by atoms with E-state index in [1.54, 1.807) is 17.1 Å². The first kappa shape index (κ1) is 15.9. The molecule has 1 aliphatic heterocycles. The number of fused-ring (bicyclic) bond motifs is 1. The van der Waals surface area contributed by atoms with Gasteiger partial charge in [0.25, 0.3) is 0 Å². The second-order valence-corrected chi connectivity index (χ2v) is 6.85. The molecule has 0 spiro atoms. The predicted molar refractivity (Wildman–Crippen MR) is 90.0 cm³/mol. The molecule has 3 heterocycles. The molecule has 23 heavy (non-hydrogen) atoms. The maximum atomic E-state index is 12.8. The molecular formula is C17H25N5O. The summed E-state index contributed by atoms with van der Waals surface area (Å²) in [7, 11) is 2.13. The van der Waals surface area contributed by atoms with Crippen molar-refractivity contribution in [2.24, 2.45) is 5.92 Å². The van der Waals surface area contributed by atoms with E-state index in [-0.39, 0.29) is 18.5 Å². The van der Waals surface area contributed by atoms with Crippen LogP contribution in [-0.2, 0) is 11.3 Å². The lowest BCUT2D eigenvalue weighted by Crippen LogP contribution is -2.55. The lowest BCUT2D eigenvalue weighted by molar-refractivity contribution is -0.137. The van der Waals surface area contributed by atoms with Gasteiger partial charge in [-0.2, -0.15) is 5.10 Å². The number of pyridine rings is 1. The Morgan fingerprint density at radius 2 is 2.22 bits per heavy atom. The van der Waals surface area contributed by atoms with Crippen LogP contribution < -0.4 is 0 Å². The average molecular weight is 315 g/mol. The lowest BCUT2D eigenvalue weighted by atomic mass is 10.00. The van der Waals surface area contributed by atoms with Gasteiger partial charge in [0, 0.05) is 37.3 Å². The van der Waals surface area contributed by atoms with Gasteiger partial charge in [-0.3, -0.25) is 4.79 Å². The number of aromatic nitrogens is 3. The Bertz CT molecular complexity index is 678. The highest BCUT2D eigenvalue weighted by molar-refractivity contribution is 5.80. The fourth-order valence-electron chi connectivity index (χ4n) is 3.33. The number of hydrogen-bond donors (Lipinski definition) is 0. The number of hydrogen-bond acceptors (Lipinski definition) is 4. The van der Waals surface area contributed by atoms with Gasteiger partial charge in [0.1, 0.15) is 6.54 Å². The molecule has 0 saturated carbocycles. The van der Waals surface area contributed by atoms with Crippen LogP contribution in [0.1, 0.15) is 20.3 Å². The van der Waals surface area contributed by atoms with Crippen LogP contribution in [0.5, 0.6) is 0 Å². The summed E-state index contributed by atoms with van der Waals surface area (Å²) in [5.74, 6) is 0.716. The SMILES string of the molecule is CC(C)CC1CN(C)CCN1C(=O)Cn1ncc2cccnc21. The summed E-state index contributed by atoms with van der Waals surface area (Å²) in [6.45, 7) is 7.35. The van der Waals surface area contributed by atoms with Gasteiger partial charge in [0.2, 0.25) is 5.91 Å². The van der Waals surface area contributed by atoms with Gasteiger partial charge < -0.3 is 9.80 Å². The maximum absolute atomic E-state index is 12.8. The number of carbonyl (C=O) groups excluding carboxylic acids is 1. The predicted octanol–water partition coefficient (Wildman–Crippen LogP) is 1.62. The van der Waals surface area contributed by atoms with Gasteiger partial charge in [0.15, 0.2) is 5.65 Å². The minimum absolute atomic E-state index is 0.138. The summed E-state index contributed by atoms with van der Waals surface area (Å²) in [5.41, 5.74) is 0.774. The molecule has 6 heteroatoms. The molecule has 0 aliphatic carbocycles. The van der Waals surface area contributed by atoms with E-state index < -0.39 is 0 Å². The van der Waals surface area contributed by atoms with Crippen LogP contribution in [-0.4, -0.2) is 63.2 Å². The van der Waals surface area contributed by atoms with E-state index >= 15 is 0 Å². The number of rotatable bonds is 4. The number of piperazine rings is 1. The van der Waals surface area contributed by atoms with Crippen LogP contribution in [0.15, 0.2) is 24.5 Å². The van der Waals surface area contributed by atoms with E-state index in [0.717, 1.165) is 37.1 Å². The zero-order valence-electron chi connectivity index (χ0n) is 14.1. The Morgan fingerprint density at radius 1 is 1.39 bits per heavy atom. The normalized spacial score (nSPS) is 19.7. The van der Waals surface area contributed by atoms with Crippen molar-refractivity contribution in [2.75, 3.05) is 26.7 Å². The highest BCUT2D eigenvalue weighted by atomic mass is 16.2. The molecule has 0 radical (unpaired) electrons. The van der Waals surface area contributed by atoms with Crippen molar-refractivity contribution >= 4 is 16.9 Å². The van der Waals surface area contributed by atoms with Gasteiger partial charge in [-0.1, -0.05) is 13.8 Å². The van der Waals surface area contributed by atoms with Gasteiger partial charge in [-0.15, -0.1) is 0 Å². The third-order valence-electron chi connectivity index (χ3n) is 4.43. The van der Waals surface area contributed by atoms with Crippen LogP contribution in [0.3, 0.4) is 0 Å². The van der Waals surface area contributed by atoms with Crippen LogP contribution in [0.2, 0.25) is 0 Å². The largest absolute Gasteiger partial charge is 0.336 e. The minimum atomic E-state index is 0.138. The molecule has 0 aromatic carbocycles. The van der Waals surface area contributed by atoms with Crippen molar-refractivity contribution in [1.82, 2.24) is 24.6 Å². The Balaban J connectivity index is 1.75. The highest BCUT2D eigenvalue weighted by Gasteiger charge is 2.29. The van der Waals surface area contributed by atoms with Gasteiger partial charge in [0.05, 0.1) is 6.20 Å². The molecule has 1 unspecified atom stereocenters. The van der Waals surface area contributed by atoms with E-state index in [4.69, 9.17) is 0 Å². The topological polar surface area (TPSA) is 54.3 Å². The van der Waals surface area contributed by atoms with E-state index in [2.05, 4.69) is 35.9 Å². The van der Waals surface area contributed by atoms with Crippen LogP contribution in [0, 0.1) is 5.92 Å². The van der Waals surface area contributed by atoms with Crippen LogP contribution in [0.25, 0.3) is 11.0 Å². The standard InChI is InChI=1S/C17H25N5O/c1-13(2)9-15-11-20(3)7-8-21(15)16(23)12-22-17-14(10-19-22)5-4-6-18-17/h4-6,10,13,15H,7-9,11-12H2,1-3H3. The molecule has 2 aromatic heterocycles. The smallest absolute Gasteiger partial charge is 0.244 e. The average Bonchev–Trinajstić information content (AvgIpc) is 2.90. The Kier molecular flexibility index (Phi) is 4.61. The summed E-state index contributed by atoms with van der Waals surface area (Å²) >= 11 is 0. The molecule has 6 nitrogen and oxygen atoms in total. The first-order valence-corrected chi connectivity index (χ1v) is 8.29. The molecule has 0 bridgehead atoms. The monoisotopic (exact) mass is 315 g/mol. The third kappa shape index (κ3) is 3.52. The van der Waals surface area contributed by atoms with Crippen molar-refractivity contribution in [3.05, 3.63) is 24.5 Å². The second-order valence-electron chi connectivity index (χ2n) is 6.85. The second kappa shape index (κ2) is 6.66. The zero-order valence-corrected chi connectivity index (χ0v) is 14.1. The van der Waals surface area contributed by atoms with Crippen LogP contribution in [0.4, 0.5) is 0 Å². The quantitative estimate of drug-likeness (QED) is 0.860. The molecular weight excluding hydrogens is 290 g/mol. The third-order valence-corrected chi connectivity index (χ3v) is 4.43. The van der Waals surface area contributed by atoms with Crippen molar-refractivity contribution in [2.45, 2.75) is 32.9 Å². The first-order valence-electron chi connectivity index (χ1n) is 8.29. The number of likely N-dealkylation sites (N-methyl/N-ethyl adjacent to an activating group) is 1. The fourth-order valence-corrected chi connectivity index (χ4v) is 3.33. The summed E-state index contributed by atoms with van der Waals surface area (Å²) in [6.07, 6.45) is 4.54. The van der Waals surface area contributed by atoms with Gasteiger partial charge in [-0.05, 0) is 31.5 Å².